The molecule has 0 spiro atoms. The van der Waals surface area contributed by atoms with Crippen LogP contribution in [0.1, 0.15) is 44.7 Å². The summed E-state index contributed by atoms with van der Waals surface area (Å²) < 4.78 is 12.0. The first-order valence-corrected chi connectivity index (χ1v) is 8.65. The van der Waals surface area contributed by atoms with E-state index >= 15 is 0 Å². The van der Waals surface area contributed by atoms with Crippen LogP contribution in [0.2, 0.25) is 0 Å². The molecule has 4 heteroatoms. The van der Waals surface area contributed by atoms with E-state index in [4.69, 9.17) is 9.47 Å². The van der Waals surface area contributed by atoms with Gasteiger partial charge in [0.15, 0.2) is 0 Å². The molecule has 0 saturated heterocycles. The third kappa shape index (κ3) is 4.44. The molecule has 1 saturated carbocycles. The molecule has 1 aliphatic carbocycles. The van der Waals surface area contributed by atoms with E-state index in [-0.39, 0.29) is 0 Å². The quantitative estimate of drug-likeness (QED) is 0.753. The molecule has 2 rings (SSSR count). The molecule has 1 fully saturated rings. The average Bonchev–Trinajstić information content (AvgIpc) is 2.44. The zero-order valence-corrected chi connectivity index (χ0v) is 14.8. The van der Waals surface area contributed by atoms with Gasteiger partial charge in [0.2, 0.25) is 0 Å². The Morgan fingerprint density at radius 1 is 1.33 bits per heavy atom. The summed E-state index contributed by atoms with van der Waals surface area (Å²) in [4.78, 5) is 0. The Balaban J connectivity index is 1.97. The SMILES string of the molecule is CCNC(CC1CC(OCC)C1)c1ccc(OC)c(Br)c1. The molecule has 0 heterocycles. The van der Waals surface area contributed by atoms with Crippen LogP contribution in [0.3, 0.4) is 0 Å². The number of benzene rings is 1. The molecule has 118 valence electrons. The number of halogens is 1. The number of rotatable bonds is 8. The van der Waals surface area contributed by atoms with Gasteiger partial charge in [-0.15, -0.1) is 0 Å². The molecule has 1 aliphatic rings. The van der Waals surface area contributed by atoms with E-state index in [0.717, 1.165) is 29.3 Å². The highest BCUT2D eigenvalue weighted by molar-refractivity contribution is 9.10. The van der Waals surface area contributed by atoms with Crippen molar-refractivity contribution in [1.29, 1.82) is 0 Å². The smallest absolute Gasteiger partial charge is 0.133 e. The van der Waals surface area contributed by atoms with Crippen LogP contribution in [0.4, 0.5) is 0 Å². The summed E-state index contributed by atoms with van der Waals surface area (Å²) in [6.45, 7) is 6.05. The Labute approximate surface area is 136 Å². The topological polar surface area (TPSA) is 30.5 Å². The Hall–Kier alpha value is -0.580. The van der Waals surface area contributed by atoms with Gasteiger partial charge in [0, 0.05) is 12.6 Å². The first kappa shape index (κ1) is 16.8. The van der Waals surface area contributed by atoms with E-state index in [1.807, 2.05) is 6.07 Å². The van der Waals surface area contributed by atoms with Crippen LogP contribution in [0.15, 0.2) is 22.7 Å². The van der Waals surface area contributed by atoms with Gasteiger partial charge in [0.05, 0.1) is 17.7 Å². The monoisotopic (exact) mass is 355 g/mol. The summed E-state index contributed by atoms with van der Waals surface area (Å²) in [6, 6.07) is 6.78. The third-order valence-corrected chi connectivity index (χ3v) is 4.81. The Morgan fingerprint density at radius 2 is 2.10 bits per heavy atom. The predicted octanol–water partition coefficient (Wildman–Crippen LogP) is 4.31. The molecule has 21 heavy (non-hydrogen) atoms. The van der Waals surface area contributed by atoms with Gasteiger partial charge in [0.25, 0.3) is 0 Å². The van der Waals surface area contributed by atoms with Crippen LogP contribution in [0.25, 0.3) is 0 Å². The maximum absolute atomic E-state index is 5.66. The fourth-order valence-corrected chi connectivity index (χ4v) is 3.61. The second-order valence-corrected chi connectivity index (χ2v) is 6.51. The van der Waals surface area contributed by atoms with Gasteiger partial charge in [-0.25, -0.2) is 0 Å². The highest BCUT2D eigenvalue weighted by Crippen LogP contribution is 2.38. The van der Waals surface area contributed by atoms with Crippen molar-refractivity contribution in [2.45, 2.75) is 45.3 Å². The van der Waals surface area contributed by atoms with Crippen LogP contribution in [0, 0.1) is 5.92 Å². The molecule has 3 nitrogen and oxygen atoms in total. The largest absolute Gasteiger partial charge is 0.496 e. The second-order valence-electron chi connectivity index (χ2n) is 5.65. The average molecular weight is 356 g/mol. The normalized spacial score (nSPS) is 22.7. The highest BCUT2D eigenvalue weighted by atomic mass is 79.9. The standard InChI is InChI=1S/C17H26BrNO2/c1-4-19-16(10-12-8-14(9-12)21-5-2)13-6-7-17(20-3)15(18)11-13/h6-7,11-12,14,16,19H,4-5,8-10H2,1-3H3. The van der Waals surface area contributed by atoms with Crippen molar-refractivity contribution in [1.82, 2.24) is 5.32 Å². The van der Waals surface area contributed by atoms with Crippen LogP contribution in [-0.4, -0.2) is 26.4 Å². The molecule has 1 aromatic carbocycles. The zero-order valence-electron chi connectivity index (χ0n) is 13.2. The number of hydrogen-bond donors (Lipinski definition) is 1. The van der Waals surface area contributed by atoms with Crippen molar-refractivity contribution < 1.29 is 9.47 Å². The minimum atomic E-state index is 0.407. The van der Waals surface area contributed by atoms with Gasteiger partial charge in [-0.1, -0.05) is 13.0 Å². The maximum Gasteiger partial charge on any atom is 0.133 e. The van der Waals surface area contributed by atoms with Crippen LogP contribution in [0.5, 0.6) is 5.75 Å². The van der Waals surface area contributed by atoms with Gasteiger partial charge >= 0.3 is 0 Å². The summed E-state index contributed by atoms with van der Waals surface area (Å²) in [5.41, 5.74) is 1.32. The molecular formula is C17H26BrNO2. The van der Waals surface area contributed by atoms with Crippen molar-refractivity contribution in [2.24, 2.45) is 5.92 Å². The van der Waals surface area contributed by atoms with Gasteiger partial charge in [0.1, 0.15) is 5.75 Å². The minimum absolute atomic E-state index is 0.407. The molecule has 0 radical (unpaired) electrons. The molecule has 0 aliphatic heterocycles. The summed E-state index contributed by atoms with van der Waals surface area (Å²) in [5.74, 6) is 1.65. The van der Waals surface area contributed by atoms with Gasteiger partial charge < -0.3 is 14.8 Å². The zero-order chi connectivity index (χ0) is 15.2. The number of nitrogens with one attached hydrogen (secondary N) is 1. The lowest BCUT2D eigenvalue weighted by Crippen LogP contribution is -2.34. The summed E-state index contributed by atoms with van der Waals surface area (Å²) in [5, 5.41) is 3.61. The van der Waals surface area contributed by atoms with Crippen molar-refractivity contribution in [3.8, 4) is 5.75 Å². The summed E-state index contributed by atoms with van der Waals surface area (Å²) in [7, 11) is 1.70. The van der Waals surface area contributed by atoms with Crippen LogP contribution < -0.4 is 10.1 Å². The van der Waals surface area contributed by atoms with Crippen molar-refractivity contribution in [3.63, 3.8) is 0 Å². The van der Waals surface area contributed by atoms with E-state index in [9.17, 15) is 0 Å². The van der Waals surface area contributed by atoms with Crippen LogP contribution in [-0.2, 0) is 4.74 Å². The van der Waals surface area contributed by atoms with Crippen molar-refractivity contribution in [2.75, 3.05) is 20.3 Å². The van der Waals surface area contributed by atoms with Gasteiger partial charge in [-0.3, -0.25) is 0 Å². The molecule has 1 aromatic rings. The maximum atomic E-state index is 5.66. The van der Waals surface area contributed by atoms with E-state index in [1.165, 1.54) is 24.8 Å². The third-order valence-electron chi connectivity index (χ3n) is 4.19. The minimum Gasteiger partial charge on any atom is -0.496 e. The summed E-state index contributed by atoms with van der Waals surface area (Å²) >= 11 is 3.58. The lowest BCUT2D eigenvalue weighted by Gasteiger charge is -2.37. The van der Waals surface area contributed by atoms with Crippen LogP contribution >= 0.6 is 15.9 Å². The molecule has 0 amide bonds. The molecule has 0 bridgehead atoms. The van der Waals surface area contributed by atoms with Gasteiger partial charge in [-0.05, 0) is 72.3 Å². The molecule has 0 aromatic heterocycles. The number of hydrogen-bond acceptors (Lipinski definition) is 3. The molecule has 1 N–H and O–H groups in total. The van der Waals surface area contributed by atoms with Crippen molar-refractivity contribution in [3.05, 3.63) is 28.2 Å². The van der Waals surface area contributed by atoms with E-state index in [0.29, 0.717) is 12.1 Å². The fraction of sp³-hybridized carbons (Fsp3) is 0.647. The van der Waals surface area contributed by atoms with Crippen molar-refractivity contribution >= 4 is 15.9 Å². The Bertz CT molecular complexity index is 446. The predicted molar refractivity (Wildman–Crippen MR) is 89.9 cm³/mol. The first-order valence-electron chi connectivity index (χ1n) is 7.86. The van der Waals surface area contributed by atoms with E-state index in [2.05, 4.69) is 47.2 Å². The lowest BCUT2D eigenvalue weighted by atomic mass is 9.77. The molecule has 1 unspecified atom stereocenters. The van der Waals surface area contributed by atoms with E-state index in [1.54, 1.807) is 7.11 Å². The lowest BCUT2D eigenvalue weighted by molar-refractivity contribution is -0.0291. The first-order chi connectivity index (χ1) is 10.2. The number of ether oxygens (including phenoxy) is 2. The second kappa shape index (κ2) is 8.16. The Morgan fingerprint density at radius 3 is 2.67 bits per heavy atom. The summed E-state index contributed by atoms with van der Waals surface area (Å²) in [6.07, 6.45) is 4.07. The molecule has 1 atom stereocenters. The Kier molecular flexibility index (Phi) is 6.52. The number of methoxy groups -OCH3 is 1. The molecular weight excluding hydrogens is 330 g/mol. The highest BCUT2D eigenvalue weighted by Gasteiger charge is 2.31. The fourth-order valence-electron chi connectivity index (χ4n) is 3.06. The van der Waals surface area contributed by atoms with Gasteiger partial charge in [-0.2, -0.15) is 0 Å². The van der Waals surface area contributed by atoms with E-state index < -0.39 is 0 Å².